The van der Waals surface area contributed by atoms with E-state index in [1.54, 1.807) is 24.3 Å². The average molecular weight is 376 g/mol. The van der Waals surface area contributed by atoms with Crippen LogP contribution in [0.25, 0.3) is 0 Å². The van der Waals surface area contributed by atoms with Gasteiger partial charge in [-0.3, -0.25) is 4.79 Å². The number of carbonyl (C=O) groups excluding carboxylic acids is 1. The first kappa shape index (κ1) is 17.8. The molecule has 2 aromatic carbocycles. The molecule has 1 aliphatic heterocycles. The van der Waals surface area contributed by atoms with Gasteiger partial charge >= 0.3 is 0 Å². The van der Waals surface area contributed by atoms with Crippen molar-refractivity contribution in [3.05, 3.63) is 65.0 Å². The molecule has 2 N–H and O–H groups in total. The van der Waals surface area contributed by atoms with Crippen molar-refractivity contribution in [2.24, 2.45) is 0 Å². The van der Waals surface area contributed by atoms with E-state index in [-0.39, 0.29) is 18.4 Å². The first-order valence-corrected chi connectivity index (χ1v) is 8.89. The summed E-state index contributed by atoms with van der Waals surface area (Å²) in [5.41, 5.74) is 4.82. The van der Waals surface area contributed by atoms with Crippen molar-refractivity contribution in [1.82, 2.24) is 9.97 Å². The van der Waals surface area contributed by atoms with Gasteiger partial charge in [-0.1, -0.05) is 6.07 Å². The van der Waals surface area contributed by atoms with Crippen LogP contribution in [-0.2, 0) is 0 Å². The number of benzene rings is 2. The Morgan fingerprint density at radius 2 is 1.68 bits per heavy atom. The fourth-order valence-electron chi connectivity index (χ4n) is 2.86. The first-order valence-electron chi connectivity index (χ1n) is 8.89. The average Bonchev–Trinajstić information content (AvgIpc) is 3.12. The molecule has 0 spiro atoms. The van der Waals surface area contributed by atoms with Crippen LogP contribution in [0.1, 0.15) is 27.3 Å². The number of nitrogens with zero attached hydrogens (tertiary/aromatic N) is 2. The summed E-state index contributed by atoms with van der Waals surface area (Å²) in [6, 6.07) is 12.9. The van der Waals surface area contributed by atoms with E-state index in [9.17, 15) is 4.79 Å². The SMILES string of the molecule is Cc1cc(C(=O)Nc2ccc3c(c2)OCO3)nc(Nc2ccc(C)c(C)c2)n1. The maximum atomic E-state index is 12.7. The number of nitrogens with one attached hydrogen (secondary N) is 2. The number of hydrogen-bond acceptors (Lipinski definition) is 6. The lowest BCUT2D eigenvalue weighted by Gasteiger charge is -2.10. The Kier molecular flexibility index (Phi) is 4.57. The molecule has 0 fully saturated rings. The zero-order valence-electron chi connectivity index (χ0n) is 15.9. The molecule has 1 amide bonds. The number of aromatic nitrogens is 2. The Balaban J connectivity index is 1.54. The summed E-state index contributed by atoms with van der Waals surface area (Å²) in [5.74, 6) is 1.32. The molecule has 0 saturated heterocycles. The van der Waals surface area contributed by atoms with Crippen LogP contribution >= 0.6 is 0 Å². The van der Waals surface area contributed by atoms with Crippen LogP contribution in [0.3, 0.4) is 0 Å². The van der Waals surface area contributed by atoms with Gasteiger partial charge < -0.3 is 20.1 Å². The van der Waals surface area contributed by atoms with Gasteiger partial charge in [0, 0.05) is 23.1 Å². The number of rotatable bonds is 4. The van der Waals surface area contributed by atoms with Crippen LogP contribution in [-0.4, -0.2) is 22.7 Å². The monoisotopic (exact) mass is 376 g/mol. The summed E-state index contributed by atoms with van der Waals surface area (Å²) >= 11 is 0. The smallest absolute Gasteiger partial charge is 0.274 e. The van der Waals surface area contributed by atoms with Gasteiger partial charge in [-0.05, 0) is 62.2 Å². The zero-order chi connectivity index (χ0) is 19.7. The number of aryl methyl sites for hydroxylation is 3. The van der Waals surface area contributed by atoms with Crippen molar-refractivity contribution in [1.29, 1.82) is 0 Å². The van der Waals surface area contributed by atoms with Crippen molar-refractivity contribution in [2.45, 2.75) is 20.8 Å². The molecule has 3 aromatic rings. The van der Waals surface area contributed by atoms with E-state index >= 15 is 0 Å². The molecule has 7 nitrogen and oxygen atoms in total. The minimum Gasteiger partial charge on any atom is -0.454 e. The van der Waals surface area contributed by atoms with Crippen LogP contribution in [0.5, 0.6) is 11.5 Å². The second-order valence-corrected chi connectivity index (χ2v) is 6.66. The third kappa shape index (κ3) is 3.73. The van der Waals surface area contributed by atoms with E-state index in [0.29, 0.717) is 28.8 Å². The number of hydrogen-bond donors (Lipinski definition) is 2. The standard InChI is InChI=1S/C21H20N4O3/c1-12-4-5-15(8-13(12)2)24-21-22-14(3)9-17(25-21)20(26)23-16-6-7-18-19(10-16)28-11-27-18/h4-10H,11H2,1-3H3,(H,23,26)(H,22,24,25). The highest BCUT2D eigenvalue weighted by atomic mass is 16.7. The summed E-state index contributed by atoms with van der Waals surface area (Å²) < 4.78 is 10.6. The summed E-state index contributed by atoms with van der Waals surface area (Å²) in [4.78, 5) is 21.4. The molecule has 0 atom stereocenters. The van der Waals surface area contributed by atoms with Gasteiger partial charge in [0.15, 0.2) is 11.5 Å². The molecule has 142 valence electrons. The molecule has 4 rings (SSSR count). The Morgan fingerprint density at radius 1 is 0.893 bits per heavy atom. The van der Waals surface area contributed by atoms with Gasteiger partial charge in [-0.2, -0.15) is 0 Å². The third-order valence-electron chi connectivity index (χ3n) is 4.48. The lowest BCUT2D eigenvalue weighted by atomic mass is 10.1. The fraction of sp³-hybridized carbons (Fsp3) is 0.190. The molecule has 2 heterocycles. The summed E-state index contributed by atoms with van der Waals surface area (Å²) in [6.07, 6.45) is 0. The van der Waals surface area contributed by atoms with E-state index < -0.39 is 0 Å². The highest BCUT2D eigenvalue weighted by Crippen LogP contribution is 2.34. The molecule has 28 heavy (non-hydrogen) atoms. The zero-order valence-corrected chi connectivity index (χ0v) is 15.9. The Hall–Kier alpha value is -3.61. The van der Waals surface area contributed by atoms with E-state index in [2.05, 4.69) is 27.5 Å². The van der Waals surface area contributed by atoms with E-state index in [4.69, 9.17) is 9.47 Å². The minimum atomic E-state index is -0.326. The number of anilines is 3. The number of carbonyl (C=O) groups is 1. The van der Waals surface area contributed by atoms with Crippen molar-refractivity contribution in [2.75, 3.05) is 17.4 Å². The van der Waals surface area contributed by atoms with Gasteiger partial charge in [-0.15, -0.1) is 0 Å². The van der Waals surface area contributed by atoms with Crippen molar-refractivity contribution < 1.29 is 14.3 Å². The molecule has 0 unspecified atom stereocenters. The summed E-state index contributed by atoms with van der Waals surface area (Å²) in [6.45, 7) is 6.11. The third-order valence-corrected chi connectivity index (χ3v) is 4.48. The number of amides is 1. The van der Waals surface area contributed by atoms with Crippen LogP contribution in [0.2, 0.25) is 0 Å². The van der Waals surface area contributed by atoms with Crippen LogP contribution < -0.4 is 20.1 Å². The minimum absolute atomic E-state index is 0.186. The van der Waals surface area contributed by atoms with Crippen LogP contribution in [0.4, 0.5) is 17.3 Å². The molecule has 0 aliphatic carbocycles. The maximum absolute atomic E-state index is 12.7. The molecule has 1 aromatic heterocycles. The predicted octanol–water partition coefficient (Wildman–Crippen LogP) is 4.13. The fourth-order valence-corrected chi connectivity index (χ4v) is 2.86. The second-order valence-electron chi connectivity index (χ2n) is 6.66. The number of ether oxygens (including phenoxy) is 2. The van der Waals surface area contributed by atoms with Crippen molar-refractivity contribution in [3.8, 4) is 11.5 Å². The Bertz CT molecular complexity index is 1070. The van der Waals surface area contributed by atoms with Gasteiger partial charge in [0.25, 0.3) is 5.91 Å². The quantitative estimate of drug-likeness (QED) is 0.712. The molecule has 1 aliphatic rings. The predicted molar refractivity (Wildman–Crippen MR) is 106 cm³/mol. The topological polar surface area (TPSA) is 85.4 Å². The van der Waals surface area contributed by atoms with Crippen LogP contribution in [0, 0.1) is 20.8 Å². The highest BCUT2D eigenvalue weighted by molar-refractivity contribution is 6.03. The normalized spacial score (nSPS) is 12.0. The molecule has 7 heteroatoms. The van der Waals surface area contributed by atoms with Gasteiger partial charge in [-0.25, -0.2) is 9.97 Å². The molecular weight excluding hydrogens is 356 g/mol. The van der Waals surface area contributed by atoms with Gasteiger partial charge in [0.05, 0.1) is 0 Å². The van der Waals surface area contributed by atoms with Gasteiger partial charge in [0.2, 0.25) is 12.7 Å². The lowest BCUT2D eigenvalue weighted by Crippen LogP contribution is -2.15. The first-order chi connectivity index (χ1) is 13.5. The molecule has 0 bridgehead atoms. The second kappa shape index (κ2) is 7.19. The van der Waals surface area contributed by atoms with E-state index in [0.717, 1.165) is 5.69 Å². The molecule has 0 saturated carbocycles. The highest BCUT2D eigenvalue weighted by Gasteiger charge is 2.16. The van der Waals surface area contributed by atoms with Crippen LogP contribution in [0.15, 0.2) is 42.5 Å². The number of fused-ring (bicyclic) bond motifs is 1. The van der Waals surface area contributed by atoms with Gasteiger partial charge in [0.1, 0.15) is 5.69 Å². The van der Waals surface area contributed by atoms with Crippen molar-refractivity contribution >= 4 is 23.2 Å². The van der Waals surface area contributed by atoms with Crippen molar-refractivity contribution in [3.63, 3.8) is 0 Å². The Morgan fingerprint density at radius 3 is 2.50 bits per heavy atom. The molecular formula is C21H20N4O3. The van der Waals surface area contributed by atoms with E-state index in [1.807, 2.05) is 32.0 Å². The summed E-state index contributed by atoms with van der Waals surface area (Å²) in [7, 11) is 0. The largest absolute Gasteiger partial charge is 0.454 e. The molecule has 0 radical (unpaired) electrons. The maximum Gasteiger partial charge on any atom is 0.274 e. The van der Waals surface area contributed by atoms with E-state index in [1.165, 1.54) is 11.1 Å². The summed E-state index contributed by atoms with van der Waals surface area (Å²) in [5, 5.41) is 6.00. The lowest BCUT2D eigenvalue weighted by molar-refractivity contribution is 0.102. The Labute approximate surface area is 162 Å².